The Hall–Kier alpha value is -2.82. The van der Waals surface area contributed by atoms with Gasteiger partial charge >= 0.3 is 5.97 Å². The predicted octanol–water partition coefficient (Wildman–Crippen LogP) is 2.58. The van der Waals surface area contributed by atoms with Crippen LogP contribution in [0.2, 0.25) is 0 Å². The van der Waals surface area contributed by atoms with Crippen molar-refractivity contribution in [2.24, 2.45) is 5.92 Å². The van der Waals surface area contributed by atoms with Crippen LogP contribution in [0.5, 0.6) is 5.75 Å². The SMILES string of the molecule is COc1cccc2c1CN(C(=O)C1(c3ccccc3)CC1C(=O)O)C2. The highest BCUT2D eigenvalue weighted by Gasteiger charge is 2.66. The summed E-state index contributed by atoms with van der Waals surface area (Å²) in [5, 5.41) is 9.51. The largest absolute Gasteiger partial charge is 0.496 e. The minimum Gasteiger partial charge on any atom is -0.496 e. The molecule has 5 nitrogen and oxygen atoms in total. The average Bonchev–Trinajstić information content (AvgIpc) is 3.26. The number of carboxylic acid groups (broad SMARTS) is 1. The normalized spacial score (nSPS) is 23.9. The standard InChI is InChI=1S/C20H19NO4/c1-25-17-9-5-6-13-11-21(12-15(13)17)19(24)20(10-16(20)18(22)23)14-7-3-2-4-8-14/h2-9,16H,10-12H2,1H3,(H,22,23). The molecule has 1 saturated carbocycles. The first-order chi connectivity index (χ1) is 12.1. The topological polar surface area (TPSA) is 66.8 Å². The van der Waals surface area contributed by atoms with Crippen molar-refractivity contribution in [2.75, 3.05) is 7.11 Å². The second-order valence-electron chi connectivity index (χ2n) is 6.69. The van der Waals surface area contributed by atoms with Gasteiger partial charge in [-0.25, -0.2) is 0 Å². The molecule has 2 unspecified atom stereocenters. The first kappa shape index (κ1) is 15.7. The number of fused-ring (bicyclic) bond motifs is 1. The fourth-order valence-corrected chi connectivity index (χ4v) is 3.98. The first-order valence-electron chi connectivity index (χ1n) is 8.30. The quantitative estimate of drug-likeness (QED) is 0.931. The van der Waals surface area contributed by atoms with Crippen molar-refractivity contribution in [3.05, 3.63) is 65.2 Å². The van der Waals surface area contributed by atoms with Crippen LogP contribution in [0.1, 0.15) is 23.1 Å². The third-order valence-corrected chi connectivity index (χ3v) is 5.38. The summed E-state index contributed by atoms with van der Waals surface area (Å²) in [6.07, 6.45) is 0.356. The van der Waals surface area contributed by atoms with Crippen LogP contribution in [-0.4, -0.2) is 29.0 Å². The van der Waals surface area contributed by atoms with E-state index in [1.807, 2.05) is 48.5 Å². The van der Waals surface area contributed by atoms with Crippen LogP contribution in [0.15, 0.2) is 48.5 Å². The molecule has 128 valence electrons. The lowest BCUT2D eigenvalue weighted by Gasteiger charge is -2.24. The van der Waals surface area contributed by atoms with Gasteiger partial charge in [-0.3, -0.25) is 9.59 Å². The Morgan fingerprint density at radius 2 is 1.88 bits per heavy atom. The highest BCUT2D eigenvalue weighted by molar-refractivity contribution is 5.99. The summed E-state index contributed by atoms with van der Waals surface area (Å²) in [5.41, 5.74) is 1.91. The van der Waals surface area contributed by atoms with Gasteiger partial charge in [-0.05, 0) is 23.6 Å². The lowest BCUT2D eigenvalue weighted by molar-refractivity contribution is -0.143. The van der Waals surface area contributed by atoms with Gasteiger partial charge in [0.15, 0.2) is 0 Å². The molecule has 2 atom stereocenters. The third kappa shape index (κ3) is 2.30. The number of ether oxygens (including phenoxy) is 1. The smallest absolute Gasteiger partial charge is 0.307 e. The summed E-state index contributed by atoms with van der Waals surface area (Å²) in [4.78, 5) is 26.7. The second kappa shape index (κ2) is 5.62. The maximum Gasteiger partial charge on any atom is 0.307 e. The minimum absolute atomic E-state index is 0.107. The highest BCUT2D eigenvalue weighted by Crippen LogP contribution is 2.56. The van der Waals surface area contributed by atoms with Crippen molar-refractivity contribution in [3.8, 4) is 5.75 Å². The van der Waals surface area contributed by atoms with Gasteiger partial charge in [-0.1, -0.05) is 42.5 Å². The summed E-state index contributed by atoms with van der Waals surface area (Å²) < 4.78 is 5.40. The number of nitrogens with zero attached hydrogens (tertiary/aromatic N) is 1. The van der Waals surface area contributed by atoms with Crippen LogP contribution in [0, 0.1) is 5.92 Å². The molecule has 1 heterocycles. The number of carbonyl (C=O) groups is 2. The van der Waals surface area contributed by atoms with Crippen molar-refractivity contribution < 1.29 is 19.4 Å². The zero-order valence-electron chi connectivity index (χ0n) is 13.9. The lowest BCUT2D eigenvalue weighted by Crippen LogP contribution is -2.38. The number of hydrogen-bond acceptors (Lipinski definition) is 3. The van der Waals surface area contributed by atoms with E-state index in [4.69, 9.17) is 4.74 Å². The van der Waals surface area contributed by atoms with Gasteiger partial charge in [-0.15, -0.1) is 0 Å². The molecule has 1 aliphatic carbocycles. The average molecular weight is 337 g/mol. The van der Waals surface area contributed by atoms with E-state index in [-0.39, 0.29) is 5.91 Å². The van der Waals surface area contributed by atoms with Crippen LogP contribution in [0.3, 0.4) is 0 Å². The molecule has 0 bridgehead atoms. The van der Waals surface area contributed by atoms with Crippen LogP contribution in [0.4, 0.5) is 0 Å². The molecule has 0 radical (unpaired) electrons. The molecule has 0 spiro atoms. The van der Waals surface area contributed by atoms with E-state index >= 15 is 0 Å². The number of carboxylic acids is 1. The van der Waals surface area contributed by atoms with Gasteiger partial charge in [0.05, 0.1) is 25.0 Å². The summed E-state index contributed by atoms with van der Waals surface area (Å²) in [6.45, 7) is 0.950. The number of carbonyl (C=O) groups excluding carboxylic acids is 1. The number of hydrogen-bond donors (Lipinski definition) is 1. The van der Waals surface area contributed by atoms with Gasteiger partial charge in [0.1, 0.15) is 5.75 Å². The Kier molecular flexibility index (Phi) is 3.53. The number of aliphatic carboxylic acids is 1. The first-order valence-corrected chi connectivity index (χ1v) is 8.30. The second-order valence-corrected chi connectivity index (χ2v) is 6.69. The molecule has 25 heavy (non-hydrogen) atoms. The van der Waals surface area contributed by atoms with Gasteiger partial charge in [-0.2, -0.15) is 0 Å². The molecule has 2 aromatic rings. The number of rotatable bonds is 4. The number of methoxy groups -OCH3 is 1. The summed E-state index contributed by atoms with van der Waals surface area (Å²) in [7, 11) is 1.62. The van der Waals surface area contributed by atoms with E-state index in [1.54, 1.807) is 12.0 Å². The zero-order valence-corrected chi connectivity index (χ0v) is 13.9. The van der Waals surface area contributed by atoms with Gasteiger partial charge in [0, 0.05) is 12.1 Å². The number of benzene rings is 2. The third-order valence-electron chi connectivity index (χ3n) is 5.38. The Bertz CT molecular complexity index is 848. The van der Waals surface area contributed by atoms with E-state index in [0.717, 1.165) is 22.4 Å². The van der Waals surface area contributed by atoms with Gasteiger partial charge < -0.3 is 14.7 Å². The molecule has 4 rings (SSSR count). The van der Waals surface area contributed by atoms with Crippen molar-refractivity contribution in [1.82, 2.24) is 4.90 Å². The van der Waals surface area contributed by atoms with Crippen LogP contribution < -0.4 is 4.74 Å². The Morgan fingerprint density at radius 1 is 1.12 bits per heavy atom. The van der Waals surface area contributed by atoms with E-state index in [0.29, 0.717) is 19.5 Å². The molecule has 2 aromatic carbocycles. The Labute approximate surface area is 145 Å². The van der Waals surface area contributed by atoms with Crippen LogP contribution in [0.25, 0.3) is 0 Å². The molecule has 0 aromatic heterocycles. The molecule has 1 fully saturated rings. The lowest BCUT2D eigenvalue weighted by atomic mass is 9.91. The summed E-state index contributed by atoms with van der Waals surface area (Å²) in [6, 6.07) is 15.1. The summed E-state index contributed by atoms with van der Waals surface area (Å²) >= 11 is 0. The molecule has 2 aliphatic rings. The van der Waals surface area contributed by atoms with Gasteiger partial charge in [0.2, 0.25) is 5.91 Å². The van der Waals surface area contributed by atoms with Crippen molar-refractivity contribution >= 4 is 11.9 Å². The maximum atomic E-state index is 13.3. The maximum absolute atomic E-state index is 13.3. The van der Waals surface area contributed by atoms with Crippen LogP contribution in [-0.2, 0) is 28.1 Å². The molecular formula is C20H19NO4. The summed E-state index contributed by atoms with van der Waals surface area (Å²) in [5.74, 6) is -0.906. The molecule has 5 heteroatoms. The van der Waals surface area contributed by atoms with Crippen molar-refractivity contribution in [2.45, 2.75) is 24.9 Å². The van der Waals surface area contributed by atoms with Crippen LogP contribution >= 0.6 is 0 Å². The molecule has 0 saturated heterocycles. The fraction of sp³-hybridized carbons (Fsp3) is 0.300. The monoisotopic (exact) mass is 337 g/mol. The molecule has 1 amide bonds. The highest BCUT2D eigenvalue weighted by atomic mass is 16.5. The van der Waals surface area contributed by atoms with E-state index in [1.165, 1.54) is 0 Å². The Balaban J connectivity index is 1.67. The molecular weight excluding hydrogens is 318 g/mol. The van der Waals surface area contributed by atoms with Crippen molar-refractivity contribution in [3.63, 3.8) is 0 Å². The fourth-order valence-electron chi connectivity index (χ4n) is 3.98. The van der Waals surface area contributed by atoms with E-state index < -0.39 is 17.3 Å². The van der Waals surface area contributed by atoms with E-state index in [9.17, 15) is 14.7 Å². The van der Waals surface area contributed by atoms with Gasteiger partial charge in [0.25, 0.3) is 0 Å². The minimum atomic E-state index is -0.942. The zero-order chi connectivity index (χ0) is 17.6. The van der Waals surface area contributed by atoms with Crippen molar-refractivity contribution in [1.29, 1.82) is 0 Å². The predicted molar refractivity (Wildman–Crippen MR) is 91.1 cm³/mol. The Morgan fingerprint density at radius 3 is 2.52 bits per heavy atom. The number of amides is 1. The molecule has 1 N–H and O–H groups in total. The molecule has 1 aliphatic heterocycles. The van der Waals surface area contributed by atoms with E-state index in [2.05, 4.69) is 0 Å².